The lowest BCUT2D eigenvalue weighted by Crippen LogP contribution is -2.44. The number of aryl methyl sites for hydroxylation is 1. The van der Waals surface area contributed by atoms with E-state index < -0.39 is 5.82 Å². The fourth-order valence-electron chi connectivity index (χ4n) is 5.30. The second-order valence-electron chi connectivity index (χ2n) is 10.4. The lowest BCUT2D eigenvalue weighted by Gasteiger charge is -2.31. The average molecular weight is 590 g/mol. The Labute approximate surface area is 249 Å². The molecule has 226 valence electrons. The first-order valence-corrected chi connectivity index (χ1v) is 14.3. The number of anilines is 2. The van der Waals surface area contributed by atoms with E-state index >= 15 is 0 Å². The standard InChI is InChI=1S/C31H36FN7O4/c1-20-17-23(4-5-24(20)31(42)38-13-7-21(8-14-38)30(41)35-10-9-33-12-16-40)37-28-29-36-19-26(39(29)15-11-34-28)22-3-6-27(43-2)25(32)18-22/h3-6,11,15,17-19,21,33,40H,7-10,12-14,16H2,1-2H3,(H,34,37)(H,35,41). The molecular weight excluding hydrogens is 553 g/mol. The van der Waals surface area contributed by atoms with E-state index in [1.54, 1.807) is 41.7 Å². The van der Waals surface area contributed by atoms with Gasteiger partial charge in [0.2, 0.25) is 5.91 Å². The Morgan fingerprint density at radius 2 is 1.91 bits per heavy atom. The third-order valence-corrected chi connectivity index (χ3v) is 7.64. The lowest BCUT2D eigenvalue weighted by molar-refractivity contribution is -0.126. The maximum atomic E-state index is 14.3. The molecule has 2 aromatic heterocycles. The molecule has 4 N–H and O–H groups in total. The molecule has 0 unspecified atom stereocenters. The highest BCUT2D eigenvalue weighted by Crippen LogP contribution is 2.29. The van der Waals surface area contributed by atoms with Gasteiger partial charge in [-0.15, -0.1) is 0 Å². The number of hydrogen-bond acceptors (Lipinski definition) is 8. The first-order chi connectivity index (χ1) is 20.9. The Morgan fingerprint density at radius 1 is 1.09 bits per heavy atom. The van der Waals surface area contributed by atoms with Crippen LogP contribution < -0.4 is 20.7 Å². The minimum Gasteiger partial charge on any atom is -0.494 e. The molecule has 0 radical (unpaired) electrons. The van der Waals surface area contributed by atoms with Crippen LogP contribution in [0.4, 0.5) is 15.9 Å². The topological polar surface area (TPSA) is 133 Å². The molecule has 0 spiro atoms. The van der Waals surface area contributed by atoms with Gasteiger partial charge < -0.3 is 30.7 Å². The minimum absolute atomic E-state index is 0.00824. The third kappa shape index (κ3) is 6.76. The first-order valence-electron chi connectivity index (χ1n) is 14.3. The molecular formula is C31H36FN7O4. The van der Waals surface area contributed by atoms with Crippen LogP contribution in [0.2, 0.25) is 0 Å². The summed E-state index contributed by atoms with van der Waals surface area (Å²) in [5, 5.41) is 18.1. The number of hydrogen-bond donors (Lipinski definition) is 4. The van der Waals surface area contributed by atoms with Crippen LogP contribution in [0.3, 0.4) is 0 Å². The Morgan fingerprint density at radius 3 is 2.63 bits per heavy atom. The van der Waals surface area contributed by atoms with Crippen LogP contribution in [0.25, 0.3) is 16.9 Å². The van der Waals surface area contributed by atoms with Gasteiger partial charge in [0.25, 0.3) is 5.91 Å². The predicted molar refractivity (Wildman–Crippen MR) is 161 cm³/mol. The van der Waals surface area contributed by atoms with E-state index in [9.17, 15) is 14.0 Å². The summed E-state index contributed by atoms with van der Waals surface area (Å²) in [6.07, 6.45) is 6.31. The van der Waals surface area contributed by atoms with Gasteiger partial charge >= 0.3 is 0 Å². The highest BCUT2D eigenvalue weighted by atomic mass is 19.1. The third-order valence-electron chi connectivity index (χ3n) is 7.64. The smallest absolute Gasteiger partial charge is 0.254 e. The molecule has 1 aliphatic rings. The van der Waals surface area contributed by atoms with Gasteiger partial charge in [-0.3, -0.25) is 14.0 Å². The number of carbonyl (C=O) groups excluding carboxylic acids is 2. The molecule has 3 heterocycles. The Balaban J connectivity index is 1.22. The summed E-state index contributed by atoms with van der Waals surface area (Å²) >= 11 is 0. The Kier molecular flexibility index (Phi) is 9.48. The summed E-state index contributed by atoms with van der Waals surface area (Å²) in [5.74, 6) is 0.0736. The van der Waals surface area contributed by atoms with Crippen LogP contribution >= 0.6 is 0 Å². The number of imidazole rings is 1. The number of methoxy groups -OCH3 is 1. The maximum absolute atomic E-state index is 14.3. The van der Waals surface area contributed by atoms with Crippen molar-refractivity contribution in [2.45, 2.75) is 19.8 Å². The zero-order valence-corrected chi connectivity index (χ0v) is 24.3. The molecule has 1 aliphatic heterocycles. The molecule has 43 heavy (non-hydrogen) atoms. The Hall–Kier alpha value is -4.55. The van der Waals surface area contributed by atoms with Crippen molar-refractivity contribution in [3.63, 3.8) is 0 Å². The first kappa shape index (κ1) is 29.9. The molecule has 1 saturated heterocycles. The highest BCUT2D eigenvalue weighted by Gasteiger charge is 2.28. The average Bonchev–Trinajstić information content (AvgIpc) is 3.46. The van der Waals surface area contributed by atoms with Gasteiger partial charge in [-0.2, -0.15) is 0 Å². The Bertz CT molecular complexity index is 1600. The van der Waals surface area contributed by atoms with Crippen LogP contribution in [0.15, 0.2) is 55.0 Å². The number of ether oxygens (including phenoxy) is 1. The van der Waals surface area contributed by atoms with Gasteiger partial charge in [0.15, 0.2) is 23.0 Å². The van der Waals surface area contributed by atoms with Crippen molar-refractivity contribution in [1.82, 2.24) is 29.9 Å². The van der Waals surface area contributed by atoms with Crippen molar-refractivity contribution in [2.75, 3.05) is 51.8 Å². The number of fused-ring (bicyclic) bond motifs is 1. The fraction of sp³-hybridized carbons (Fsp3) is 0.355. The number of aliphatic hydroxyl groups excluding tert-OH is 1. The van der Waals surface area contributed by atoms with Crippen molar-refractivity contribution in [3.05, 3.63) is 71.9 Å². The van der Waals surface area contributed by atoms with E-state index in [-0.39, 0.29) is 30.1 Å². The molecule has 0 atom stereocenters. The van der Waals surface area contributed by atoms with Crippen molar-refractivity contribution >= 4 is 29.0 Å². The number of nitrogens with one attached hydrogen (secondary N) is 3. The van der Waals surface area contributed by atoms with Crippen molar-refractivity contribution in [2.24, 2.45) is 5.92 Å². The van der Waals surface area contributed by atoms with Crippen molar-refractivity contribution in [3.8, 4) is 17.0 Å². The number of carbonyl (C=O) groups is 2. The number of nitrogens with zero attached hydrogens (tertiary/aromatic N) is 4. The summed E-state index contributed by atoms with van der Waals surface area (Å²) in [6.45, 7) is 4.61. The number of rotatable bonds is 11. The largest absolute Gasteiger partial charge is 0.494 e. The summed E-state index contributed by atoms with van der Waals surface area (Å²) in [7, 11) is 1.43. The zero-order chi connectivity index (χ0) is 30.3. The fourth-order valence-corrected chi connectivity index (χ4v) is 5.30. The van der Waals surface area contributed by atoms with Gasteiger partial charge in [0.1, 0.15) is 0 Å². The van der Waals surface area contributed by atoms with Gasteiger partial charge in [-0.05, 0) is 61.7 Å². The van der Waals surface area contributed by atoms with E-state index in [0.717, 1.165) is 11.3 Å². The molecule has 5 rings (SSSR count). The van der Waals surface area contributed by atoms with E-state index in [4.69, 9.17) is 9.84 Å². The molecule has 4 aromatic rings. The summed E-state index contributed by atoms with van der Waals surface area (Å²) in [4.78, 5) is 36.6. The number of aromatic nitrogens is 3. The molecule has 12 heteroatoms. The summed E-state index contributed by atoms with van der Waals surface area (Å²) in [5.41, 5.74) is 4.10. The monoisotopic (exact) mass is 589 g/mol. The second kappa shape index (κ2) is 13.6. The molecule has 0 saturated carbocycles. The highest BCUT2D eigenvalue weighted by molar-refractivity contribution is 5.96. The second-order valence-corrected chi connectivity index (χ2v) is 10.4. The van der Waals surface area contributed by atoms with Gasteiger partial charge in [0, 0.05) is 67.8 Å². The molecule has 2 aromatic carbocycles. The van der Waals surface area contributed by atoms with E-state index in [2.05, 4.69) is 25.9 Å². The molecule has 0 bridgehead atoms. The van der Waals surface area contributed by atoms with Crippen LogP contribution in [0.5, 0.6) is 5.75 Å². The number of likely N-dealkylation sites (tertiary alicyclic amines) is 1. The van der Waals surface area contributed by atoms with Crippen LogP contribution in [-0.2, 0) is 4.79 Å². The number of piperidine rings is 1. The van der Waals surface area contributed by atoms with Crippen LogP contribution in [0, 0.1) is 18.7 Å². The molecule has 11 nitrogen and oxygen atoms in total. The number of halogens is 1. The number of aliphatic hydroxyl groups is 1. The van der Waals surface area contributed by atoms with E-state index in [0.29, 0.717) is 73.9 Å². The maximum Gasteiger partial charge on any atom is 0.254 e. The van der Waals surface area contributed by atoms with E-state index in [1.807, 2.05) is 23.5 Å². The summed E-state index contributed by atoms with van der Waals surface area (Å²) in [6, 6.07) is 10.3. The molecule has 2 amide bonds. The minimum atomic E-state index is -0.457. The zero-order valence-electron chi connectivity index (χ0n) is 24.3. The number of benzene rings is 2. The molecule has 0 aliphatic carbocycles. The predicted octanol–water partition coefficient (Wildman–Crippen LogP) is 3.15. The molecule has 1 fully saturated rings. The van der Waals surface area contributed by atoms with E-state index in [1.165, 1.54) is 13.2 Å². The lowest BCUT2D eigenvalue weighted by atomic mass is 9.95. The van der Waals surface area contributed by atoms with Gasteiger partial charge in [-0.1, -0.05) is 0 Å². The van der Waals surface area contributed by atoms with Crippen LogP contribution in [-0.4, -0.2) is 82.6 Å². The normalized spacial score (nSPS) is 13.7. The SMILES string of the molecule is COc1ccc(-c2cnc3c(Nc4ccc(C(=O)N5CCC(C(=O)NCCNCCO)CC5)c(C)c4)nccn23)cc1F. The van der Waals surface area contributed by atoms with Gasteiger partial charge in [-0.25, -0.2) is 14.4 Å². The van der Waals surface area contributed by atoms with Gasteiger partial charge in [0.05, 0.1) is 25.6 Å². The van der Waals surface area contributed by atoms with Crippen molar-refractivity contribution in [1.29, 1.82) is 0 Å². The van der Waals surface area contributed by atoms with Crippen molar-refractivity contribution < 1.29 is 23.8 Å². The number of amides is 2. The van der Waals surface area contributed by atoms with Crippen LogP contribution in [0.1, 0.15) is 28.8 Å². The summed E-state index contributed by atoms with van der Waals surface area (Å²) < 4.78 is 21.2. The quantitative estimate of drug-likeness (QED) is 0.196.